The largest absolute Gasteiger partial charge is 0.459 e. The molecule has 0 saturated heterocycles. The van der Waals surface area contributed by atoms with Crippen LogP contribution in [0.4, 0.5) is 0 Å². The van der Waals surface area contributed by atoms with Crippen molar-refractivity contribution in [1.82, 2.24) is 5.32 Å². The van der Waals surface area contributed by atoms with Gasteiger partial charge in [-0.1, -0.05) is 32.9 Å². The minimum Gasteiger partial charge on any atom is -0.459 e. The molecule has 2 atom stereocenters. The molecule has 0 saturated carbocycles. The molecule has 0 bridgehead atoms. The number of carbonyl (C=O) groups is 1. The predicted molar refractivity (Wildman–Crippen MR) is 115 cm³/mol. The normalized spacial score (nSPS) is 14.9. The van der Waals surface area contributed by atoms with Crippen LogP contribution < -0.4 is 5.32 Å². The highest BCUT2D eigenvalue weighted by Crippen LogP contribution is 2.37. The van der Waals surface area contributed by atoms with E-state index in [1.165, 1.54) is 0 Å². The first-order valence-corrected chi connectivity index (χ1v) is 12.7. The molecule has 156 valence electrons. The summed E-state index contributed by atoms with van der Waals surface area (Å²) in [7, 11) is -1.94. The van der Waals surface area contributed by atoms with E-state index in [2.05, 4.69) is 45.3 Å². The van der Waals surface area contributed by atoms with Gasteiger partial charge in [-0.15, -0.1) is 0 Å². The zero-order valence-electron chi connectivity index (χ0n) is 18.8. The smallest absolute Gasteiger partial charge is 0.323 e. The summed E-state index contributed by atoms with van der Waals surface area (Å²) in [6.45, 7) is 18.8. The molecule has 1 aromatic carbocycles. The van der Waals surface area contributed by atoms with E-state index in [0.717, 1.165) is 5.56 Å². The van der Waals surface area contributed by atoms with Crippen LogP contribution in [0.2, 0.25) is 18.1 Å². The van der Waals surface area contributed by atoms with Gasteiger partial charge in [0.05, 0.1) is 24.3 Å². The molecule has 0 aliphatic heterocycles. The second-order valence-electron chi connectivity index (χ2n) is 9.78. The third-order valence-corrected chi connectivity index (χ3v) is 9.57. The molecule has 6 heteroatoms. The average molecular weight is 405 g/mol. The van der Waals surface area contributed by atoms with Crippen molar-refractivity contribution in [3.8, 4) is 6.07 Å². The summed E-state index contributed by atoms with van der Waals surface area (Å²) in [4.78, 5) is 12.4. The fourth-order valence-electron chi connectivity index (χ4n) is 2.30. The Bertz CT molecular complexity index is 694. The highest BCUT2D eigenvalue weighted by molar-refractivity contribution is 6.74. The molecule has 0 aliphatic carbocycles. The van der Waals surface area contributed by atoms with E-state index in [1.54, 1.807) is 19.1 Å². The summed E-state index contributed by atoms with van der Waals surface area (Å²) < 4.78 is 11.9. The van der Waals surface area contributed by atoms with Gasteiger partial charge in [0.15, 0.2) is 8.32 Å². The SMILES string of the molecule is C[C@@H](N[C@H](CO[Si](C)(C)C(C)(C)C)c1ccc(C#N)cc1)C(=O)OC(C)(C)C. The molecule has 1 aromatic rings. The van der Waals surface area contributed by atoms with Crippen LogP contribution in [-0.4, -0.2) is 32.5 Å². The fraction of sp³-hybridized carbons (Fsp3) is 0.636. The van der Waals surface area contributed by atoms with Crippen molar-refractivity contribution in [2.24, 2.45) is 0 Å². The summed E-state index contributed by atoms with van der Waals surface area (Å²) in [5.41, 5.74) is 1.05. The van der Waals surface area contributed by atoms with Crippen LogP contribution in [0.15, 0.2) is 24.3 Å². The number of ether oxygens (including phenoxy) is 1. The van der Waals surface area contributed by atoms with Gasteiger partial charge in [-0.25, -0.2) is 0 Å². The van der Waals surface area contributed by atoms with Crippen molar-refractivity contribution >= 4 is 14.3 Å². The number of hydrogen-bond acceptors (Lipinski definition) is 5. The topological polar surface area (TPSA) is 71.3 Å². The maximum atomic E-state index is 12.4. The molecule has 0 fully saturated rings. The quantitative estimate of drug-likeness (QED) is 0.515. The number of benzene rings is 1. The Morgan fingerprint density at radius 2 is 1.68 bits per heavy atom. The van der Waals surface area contributed by atoms with Crippen molar-refractivity contribution in [1.29, 1.82) is 5.26 Å². The second kappa shape index (κ2) is 9.21. The lowest BCUT2D eigenvalue weighted by Gasteiger charge is -2.37. The van der Waals surface area contributed by atoms with E-state index in [4.69, 9.17) is 14.4 Å². The first-order chi connectivity index (χ1) is 12.7. The molecular weight excluding hydrogens is 368 g/mol. The number of nitriles is 1. The van der Waals surface area contributed by atoms with Gasteiger partial charge < -0.3 is 9.16 Å². The van der Waals surface area contributed by atoms with Crippen LogP contribution in [0.1, 0.15) is 65.6 Å². The van der Waals surface area contributed by atoms with Gasteiger partial charge in [0.1, 0.15) is 11.6 Å². The van der Waals surface area contributed by atoms with Gasteiger partial charge in [0.25, 0.3) is 0 Å². The molecular formula is C22H36N2O3Si. The number of rotatable bonds is 7. The molecule has 0 radical (unpaired) electrons. The zero-order chi connectivity index (χ0) is 21.8. The van der Waals surface area contributed by atoms with Crippen LogP contribution in [0.5, 0.6) is 0 Å². The van der Waals surface area contributed by atoms with Crippen LogP contribution in [0.25, 0.3) is 0 Å². The molecule has 0 aromatic heterocycles. The Morgan fingerprint density at radius 1 is 1.14 bits per heavy atom. The van der Waals surface area contributed by atoms with Gasteiger partial charge in [-0.05, 0) is 63.5 Å². The lowest BCUT2D eigenvalue weighted by Crippen LogP contribution is -2.46. The Labute approximate surface area is 171 Å². The highest BCUT2D eigenvalue weighted by Gasteiger charge is 2.38. The first-order valence-electron chi connectivity index (χ1n) is 9.79. The summed E-state index contributed by atoms with van der Waals surface area (Å²) in [6, 6.07) is 8.87. The van der Waals surface area contributed by atoms with Gasteiger partial charge >= 0.3 is 5.97 Å². The summed E-state index contributed by atoms with van der Waals surface area (Å²) in [6.07, 6.45) is 0. The Kier molecular flexibility index (Phi) is 8.01. The van der Waals surface area contributed by atoms with Crippen LogP contribution in [0, 0.1) is 11.3 Å². The second-order valence-corrected chi connectivity index (χ2v) is 14.6. The molecule has 0 unspecified atom stereocenters. The van der Waals surface area contributed by atoms with E-state index in [-0.39, 0.29) is 17.0 Å². The maximum Gasteiger partial charge on any atom is 0.323 e. The summed E-state index contributed by atoms with van der Waals surface area (Å²) in [5.74, 6) is -0.293. The van der Waals surface area contributed by atoms with Gasteiger partial charge in [0, 0.05) is 0 Å². The molecule has 1 N–H and O–H groups in total. The van der Waals surface area contributed by atoms with E-state index in [1.807, 2.05) is 32.9 Å². The predicted octanol–water partition coefficient (Wildman–Crippen LogP) is 4.94. The van der Waals surface area contributed by atoms with Crippen molar-refractivity contribution in [2.45, 2.75) is 84.3 Å². The molecule has 0 aliphatic rings. The molecule has 0 heterocycles. The monoisotopic (exact) mass is 404 g/mol. The number of hydrogen-bond donors (Lipinski definition) is 1. The molecule has 1 rings (SSSR count). The van der Waals surface area contributed by atoms with E-state index in [0.29, 0.717) is 12.2 Å². The standard InChI is InChI=1S/C22H36N2O3Si/c1-16(20(25)27-21(2,3)4)24-19(15-26-28(8,9)22(5,6)7)18-12-10-17(14-23)11-13-18/h10-13,16,19,24H,15H2,1-9H3/t16-,19-/m1/s1. The van der Waals surface area contributed by atoms with Crippen LogP contribution in [0.3, 0.4) is 0 Å². The Balaban J connectivity index is 3.01. The molecule has 5 nitrogen and oxygen atoms in total. The minimum absolute atomic E-state index is 0.0962. The lowest BCUT2D eigenvalue weighted by molar-refractivity contribution is -0.157. The summed E-state index contributed by atoms with van der Waals surface area (Å²) in [5, 5.41) is 12.5. The van der Waals surface area contributed by atoms with E-state index < -0.39 is 20.0 Å². The van der Waals surface area contributed by atoms with Crippen molar-refractivity contribution in [3.63, 3.8) is 0 Å². The van der Waals surface area contributed by atoms with Crippen molar-refractivity contribution < 1.29 is 14.0 Å². The minimum atomic E-state index is -1.94. The fourth-order valence-corrected chi connectivity index (χ4v) is 3.32. The number of nitrogens with zero attached hydrogens (tertiary/aromatic N) is 1. The van der Waals surface area contributed by atoms with Gasteiger partial charge in [0.2, 0.25) is 0 Å². The van der Waals surface area contributed by atoms with Crippen molar-refractivity contribution in [3.05, 3.63) is 35.4 Å². The van der Waals surface area contributed by atoms with Crippen LogP contribution in [-0.2, 0) is 14.0 Å². The first kappa shape index (κ1) is 24.4. The van der Waals surface area contributed by atoms with Crippen LogP contribution >= 0.6 is 0 Å². The molecule has 0 spiro atoms. The van der Waals surface area contributed by atoms with E-state index in [9.17, 15) is 4.79 Å². The number of nitrogens with one attached hydrogen (secondary N) is 1. The van der Waals surface area contributed by atoms with Crippen molar-refractivity contribution in [2.75, 3.05) is 6.61 Å². The molecule has 28 heavy (non-hydrogen) atoms. The zero-order valence-corrected chi connectivity index (χ0v) is 19.8. The number of carbonyl (C=O) groups excluding carboxylic acids is 1. The lowest BCUT2D eigenvalue weighted by atomic mass is 10.0. The average Bonchev–Trinajstić information content (AvgIpc) is 2.56. The third-order valence-electron chi connectivity index (χ3n) is 5.07. The maximum absolute atomic E-state index is 12.4. The van der Waals surface area contributed by atoms with Gasteiger partial charge in [-0.3, -0.25) is 10.1 Å². The highest BCUT2D eigenvalue weighted by atomic mass is 28.4. The van der Waals surface area contributed by atoms with Gasteiger partial charge in [-0.2, -0.15) is 5.26 Å². The Hall–Kier alpha value is -1.68. The number of esters is 1. The Morgan fingerprint density at radius 3 is 2.11 bits per heavy atom. The third kappa shape index (κ3) is 7.38. The summed E-state index contributed by atoms with van der Waals surface area (Å²) >= 11 is 0. The molecule has 0 amide bonds. The van der Waals surface area contributed by atoms with E-state index >= 15 is 0 Å².